The van der Waals surface area contributed by atoms with Gasteiger partial charge in [-0.05, 0) is 11.5 Å². The van der Waals surface area contributed by atoms with Crippen molar-refractivity contribution in [2.24, 2.45) is 5.41 Å². The van der Waals surface area contributed by atoms with E-state index in [1.54, 1.807) is 18.2 Å². The third kappa shape index (κ3) is 3.30. The van der Waals surface area contributed by atoms with Crippen LogP contribution in [0.15, 0.2) is 24.3 Å². The molecule has 0 heterocycles. The molecule has 1 atom stereocenters. The predicted molar refractivity (Wildman–Crippen MR) is 59.9 cm³/mol. The first-order chi connectivity index (χ1) is 7.32. The van der Waals surface area contributed by atoms with Crippen molar-refractivity contribution in [2.45, 2.75) is 26.9 Å². The number of hydrogen-bond acceptors (Lipinski definition) is 3. The summed E-state index contributed by atoms with van der Waals surface area (Å²) in [4.78, 5) is 0. The zero-order chi connectivity index (χ0) is 12.3. The van der Waals surface area contributed by atoms with Crippen LogP contribution in [0.5, 0.6) is 0 Å². The minimum Gasteiger partial charge on any atom is -0.402 e. The SMILES string of the molecule is CC(C)(C)C(OB(O)O)c1ccccc1F. The average molecular weight is 226 g/mol. The van der Waals surface area contributed by atoms with E-state index >= 15 is 0 Å². The third-order valence-electron chi connectivity index (χ3n) is 2.23. The van der Waals surface area contributed by atoms with Crippen molar-refractivity contribution in [1.29, 1.82) is 0 Å². The van der Waals surface area contributed by atoms with Crippen LogP contribution in [-0.2, 0) is 4.65 Å². The van der Waals surface area contributed by atoms with Crippen LogP contribution in [0.25, 0.3) is 0 Å². The van der Waals surface area contributed by atoms with Gasteiger partial charge >= 0.3 is 7.32 Å². The molecule has 1 aromatic rings. The van der Waals surface area contributed by atoms with Gasteiger partial charge in [-0.3, -0.25) is 0 Å². The van der Waals surface area contributed by atoms with Crippen molar-refractivity contribution < 1.29 is 19.1 Å². The van der Waals surface area contributed by atoms with Gasteiger partial charge in [0.15, 0.2) is 0 Å². The van der Waals surface area contributed by atoms with E-state index in [0.29, 0.717) is 5.56 Å². The first-order valence-electron chi connectivity index (χ1n) is 5.08. The van der Waals surface area contributed by atoms with E-state index in [1.165, 1.54) is 6.07 Å². The molecule has 0 aromatic heterocycles. The fourth-order valence-corrected chi connectivity index (χ4v) is 1.55. The minimum absolute atomic E-state index is 0.322. The summed E-state index contributed by atoms with van der Waals surface area (Å²) in [7, 11) is -1.91. The van der Waals surface area contributed by atoms with E-state index in [4.69, 9.17) is 14.7 Å². The van der Waals surface area contributed by atoms with Crippen molar-refractivity contribution in [2.75, 3.05) is 0 Å². The maximum Gasteiger partial charge on any atom is 0.634 e. The summed E-state index contributed by atoms with van der Waals surface area (Å²) in [6, 6.07) is 6.16. The molecule has 0 radical (unpaired) electrons. The highest BCUT2D eigenvalue weighted by Crippen LogP contribution is 2.37. The van der Waals surface area contributed by atoms with Gasteiger partial charge in [0.25, 0.3) is 0 Å². The maximum absolute atomic E-state index is 13.6. The minimum atomic E-state index is -1.91. The van der Waals surface area contributed by atoms with Gasteiger partial charge in [0.1, 0.15) is 5.82 Å². The molecule has 2 N–H and O–H groups in total. The first-order valence-corrected chi connectivity index (χ1v) is 5.08. The molecule has 1 unspecified atom stereocenters. The Bertz CT molecular complexity index is 349. The normalized spacial score (nSPS) is 13.6. The van der Waals surface area contributed by atoms with Gasteiger partial charge in [0.05, 0.1) is 6.10 Å². The molecule has 0 amide bonds. The topological polar surface area (TPSA) is 49.7 Å². The summed E-state index contributed by atoms with van der Waals surface area (Å²) >= 11 is 0. The molecule has 0 aliphatic rings. The van der Waals surface area contributed by atoms with E-state index in [-0.39, 0.29) is 0 Å². The Morgan fingerprint density at radius 2 is 1.81 bits per heavy atom. The number of halogens is 1. The van der Waals surface area contributed by atoms with Crippen molar-refractivity contribution in [3.8, 4) is 0 Å². The van der Waals surface area contributed by atoms with Crippen LogP contribution in [-0.4, -0.2) is 17.4 Å². The standard InChI is InChI=1S/C11H16BFO3/c1-11(2,3)10(16-12(14)15)8-6-4-5-7-9(8)13/h4-7,10,14-15H,1-3H3. The predicted octanol–water partition coefficient (Wildman–Crippen LogP) is 1.90. The quantitative estimate of drug-likeness (QED) is 0.774. The molecule has 1 rings (SSSR count). The molecule has 0 aliphatic carbocycles. The van der Waals surface area contributed by atoms with Gasteiger partial charge in [0.2, 0.25) is 0 Å². The Labute approximate surface area is 95.1 Å². The maximum atomic E-state index is 13.6. The lowest BCUT2D eigenvalue weighted by Gasteiger charge is -2.31. The van der Waals surface area contributed by atoms with Crippen LogP contribution < -0.4 is 0 Å². The molecule has 3 nitrogen and oxygen atoms in total. The molecule has 0 spiro atoms. The molecule has 1 aromatic carbocycles. The fraction of sp³-hybridized carbons (Fsp3) is 0.455. The van der Waals surface area contributed by atoms with Crippen molar-refractivity contribution >= 4 is 7.32 Å². The Morgan fingerprint density at radius 1 is 1.25 bits per heavy atom. The fourth-order valence-electron chi connectivity index (χ4n) is 1.55. The second-order valence-corrected chi connectivity index (χ2v) is 4.73. The average Bonchev–Trinajstić information content (AvgIpc) is 2.13. The highest BCUT2D eigenvalue weighted by molar-refractivity contribution is 6.32. The van der Waals surface area contributed by atoms with Crippen LogP contribution in [0, 0.1) is 11.2 Å². The van der Waals surface area contributed by atoms with Crippen LogP contribution >= 0.6 is 0 Å². The molecule has 0 aliphatic heterocycles. The van der Waals surface area contributed by atoms with Crippen LogP contribution in [0.3, 0.4) is 0 Å². The molecule has 0 fully saturated rings. The Balaban J connectivity index is 3.07. The summed E-state index contributed by atoms with van der Waals surface area (Å²) in [5, 5.41) is 17.7. The van der Waals surface area contributed by atoms with E-state index in [2.05, 4.69) is 0 Å². The van der Waals surface area contributed by atoms with Gasteiger partial charge < -0.3 is 14.7 Å². The van der Waals surface area contributed by atoms with E-state index in [0.717, 1.165) is 0 Å². The van der Waals surface area contributed by atoms with Gasteiger partial charge in [-0.2, -0.15) is 0 Å². The third-order valence-corrected chi connectivity index (χ3v) is 2.23. The van der Waals surface area contributed by atoms with Gasteiger partial charge in [-0.1, -0.05) is 39.0 Å². The van der Waals surface area contributed by atoms with Crippen molar-refractivity contribution in [1.82, 2.24) is 0 Å². The second kappa shape index (κ2) is 4.95. The number of benzene rings is 1. The van der Waals surface area contributed by atoms with Crippen LogP contribution in [0.4, 0.5) is 4.39 Å². The lowest BCUT2D eigenvalue weighted by atomic mass is 9.83. The molecule has 0 bridgehead atoms. The number of rotatable bonds is 3. The van der Waals surface area contributed by atoms with Gasteiger partial charge in [0, 0.05) is 5.56 Å². The molecule has 88 valence electrons. The van der Waals surface area contributed by atoms with Crippen LogP contribution in [0.2, 0.25) is 0 Å². The zero-order valence-electron chi connectivity index (χ0n) is 9.64. The molecule has 16 heavy (non-hydrogen) atoms. The largest absolute Gasteiger partial charge is 0.634 e. The smallest absolute Gasteiger partial charge is 0.402 e. The highest BCUT2D eigenvalue weighted by Gasteiger charge is 2.32. The first kappa shape index (κ1) is 13.2. The molecule has 5 heteroatoms. The summed E-state index contributed by atoms with van der Waals surface area (Å²) in [5.74, 6) is -0.414. The Hall–Kier alpha value is -0.905. The summed E-state index contributed by atoms with van der Waals surface area (Å²) in [5.41, 5.74) is -0.116. The molecular weight excluding hydrogens is 210 g/mol. The van der Waals surface area contributed by atoms with E-state index < -0.39 is 24.7 Å². The van der Waals surface area contributed by atoms with E-state index in [9.17, 15) is 4.39 Å². The van der Waals surface area contributed by atoms with Crippen LogP contribution in [0.1, 0.15) is 32.4 Å². The Morgan fingerprint density at radius 3 is 2.25 bits per heavy atom. The molecular formula is C11H16BFO3. The van der Waals surface area contributed by atoms with Crippen molar-refractivity contribution in [3.63, 3.8) is 0 Å². The zero-order valence-corrected chi connectivity index (χ0v) is 9.64. The van der Waals surface area contributed by atoms with Crippen molar-refractivity contribution in [3.05, 3.63) is 35.6 Å². The summed E-state index contributed by atoms with van der Waals surface area (Å²) in [6.07, 6.45) is -0.714. The lowest BCUT2D eigenvalue weighted by Crippen LogP contribution is -2.29. The summed E-state index contributed by atoms with van der Waals surface area (Å²) in [6.45, 7) is 5.52. The summed E-state index contributed by atoms with van der Waals surface area (Å²) < 4.78 is 18.5. The Kier molecular flexibility index (Phi) is 4.07. The second-order valence-electron chi connectivity index (χ2n) is 4.73. The van der Waals surface area contributed by atoms with E-state index in [1.807, 2.05) is 20.8 Å². The molecule has 0 saturated carbocycles. The monoisotopic (exact) mass is 226 g/mol. The van der Waals surface area contributed by atoms with Gasteiger partial charge in [-0.25, -0.2) is 4.39 Å². The molecule has 0 saturated heterocycles. The van der Waals surface area contributed by atoms with Gasteiger partial charge in [-0.15, -0.1) is 0 Å². The number of hydrogen-bond donors (Lipinski definition) is 2. The highest BCUT2D eigenvalue weighted by atomic mass is 19.1. The lowest BCUT2D eigenvalue weighted by molar-refractivity contribution is 0.0365.